The zero-order chi connectivity index (χ0) is 14.4. The molecule has 0 aliphatic rings. The number of nitrogens with two attached hydrogens (primary N) is 1. The summed E-state index contributed by atoms with van der Waals surface area (Å²) >= 11 is 1.67. The average Bonchev–Trinajstić information content (AvgIpc) is 2.85. The van der Waals surface area contributed by atoms with Gasteiger partial charge in [-0.2, -0.15) is 0 Å². The Kier molecular flexibility index (Phi) is 5.56. The molecule has 1 unspecified atom stereocenters. The minimum Gasteiger partial charge on any atom is -0.494 e. The van der Waals surface area contributed by atoms with Gasteiger partial charge in [0.25, 0.3) is 0 Å². The molecule has 1 heterocycles. The molecular formula is C16H22N2OS. The third kappa shape index (κ3) is 4.32. The first kappa shape index (κ1) is 15.0. The summed E-state index contributed by atoms with van der Waals surface area (Å²) in [5.74, 6) is 0.916. The number of unbranched alkanes of at least 4 members (excludes halogenated alkanes) is 1. The predicted molar refractivity (Wildman–Crippen MR) is 84.3 cm³/mol. The van der Waals surface area contributed by atoms with Gasteiger partial charge in [0, 0.05) is 23.5 Å². The molecule has 108 valence electrons. The molecule has 1 aromatic heterocycles. The Balaban J connectivity index is 1.91. The molecule has 0 spiro atoms. The number of rotatable bonds is 7. The largest absolute Gasteiger partial charge is 0.494 e. The van der Waals surface area contributed by atoms with Gasteiger partial charge in [-0.05, 0) is 31.0 Å². The highest BCUT2D eigenvalue weighted by atomic mass is 32.1. The second-order valence-electron chi connectivity index (χ2n) is 4.96. The van der Waals surface area contributed by atoms with E-state index in [0.29, 0.717) is 0 Å². The van der Waals surface area contributed by atoms with Crippen molar-refractivity contribution in [2.45, 2.75) is 39.2 Å². The number of hydrogen-bond donors (Lipinski definition) is 1. The number of nitrogens with zero attached hydrogens (tertiary/aromatic N) is 1. The van der Waals surface area contributed by atoms with Gasteiger partial charge in [0.1, 0.15) is 5.75 Å². The van der Waals surface area contributed by atoms with Crippen molar-refractivity contribution in [1.29, 1.82) is 0 Å². The van der Waals surface area contributed by atoms with Crippen LogP contribution in [0.25, 0.3) is 0 Å². The second kappa shape index (κ2) is 7.41. The summed E-state index contributed by atoms with van der Waals surface area (Å²) in [5, 5.41) is 3.16. The van der Waals surface area contributed by atoms with Gasteiger partial charge in [-0.25, -0.2) is 4.98 Å². The lowest BCUT2D eigenvalue weighted by atomic mass is 10.1. The second-order valence-corrected chi connectivity index (χ2v) is 5.91. The summed E-state index contributed by atoms with van der Waals surface area (Å²) in [6.07, 6.45) is 3.02. The molecule has 3 nitrogen and oxygen atoms in total. The van der Waals surface area contributed by atoms with E-state index < -0.39 is 0 Å². The van der Waals surface area contributed by atoms with Gasteiger partial charge in [-0.3, -0.25) is 0 Å². The van der Waals surface area contributed by atoms with Crippen molar-refractivity contribution >= 4 is 11.3 Å². The third-order valence-corrected chi connectivity index (χ3v) is 4.12. The standard InChI is InChI=1S/C16H22N2OS/c1-3-4-9-19-14-7-5-13(6-8-14)15(17)10-16-18-12(2)11-20-16/h5-8,11,15H,3-4,9-10,17H2,1-2H3. The first-order chi connectivity index (χ1) is 9.69. The van der Waals surface area contributed by atoms with E-state index in [2.05, 4.69) is 17.3 Å². The molecule has 0 amide bonds. The van der Waals surface area contributed by atoms with Crippen LogP contribution in [0.3, 0.4) is 0 Å². The van der Waals surface area contributed by atoms with E-state index in [4.69, 9.17) is 10.5 Å². The normalized spacial score (nSPS) is 12.3. The molecule has 0 bridgehead atoms. The van der Waals surface area contributed by atoms with Crippen LogP contribution >= 0.6 is 11.3 Å². The van der Waals surface area contributed by atoms with Crippen LogP contribution in [0.5, 0.6) is 5.75 Å². The van der Waals surface area contributed by atoms with Gasteiger partial charge in [-0.1, -0.05) is 25.5 Å². The Morgan fingerprint density at radius 2 is 2.05 bits per heavy atom. The van der Waals surface area contributed by atoms with E-state index in [1.165, 1.54) is 0 Å². The fourth-order valence-corrected chi connectivity index (χ4v) is 2.78. The number of aryl methyl sites for hydroxylation is 1. The monoisotopic (exact) mass is 290 g/mol. The molecule has 2 N–H and O–H groups in total. The van der Waals surface area contributed by atoms with Crippen LogP contribution in [-0.4, -0.2) is 11.6 Å². The lowest BCUT2D eigenvalue weighted by molar-refractivity contribution is 0.309. The van der Waals surface area contributed by atoms with Gasteiger partial charge in [-0.15, -0.1) is 11.3 Å². The smallest absolute Gasteiger partial charge is 0.119 e. The van der Waals surface area contributed by atoms with Gasteiger partial charge in [0.05, 0.1) is 11.6 Å². The molecule has 0 fully saturated rings. The van der Waals surface area contributed by atoms with E-state index in [-0.39, 0.29) is 6.04 Å². The summed E-state index contributed by atoms with van der Waals surface area (Å²) in [4.78, 5) is 4.46. The van der Waals surface area contributed by atoms with Gasteiger partial charge in [0.2, 0.25) is 0 Å². The van der Waals surface area contributed by atoms with Crippen LogP contribution < -0.4 is 10.5 Å². The van der Waals surface area contributed by atoms with E-state index in [9.17, 15) is 0 Å². The molecule has 20 heavy (non-hydrogen) atoms. The summed E-state index contributed by atoms with van der Waals surface area (Å²) in [6, 6.07) is 8.08. The zero-order valence-corrected chi connectivity index (χ0v) is 13.0. The predicted octanol–water partition coefficient (Wildman–Crippen LogP) is 3.87. The molecular weight excluding hydrogens is 268 g/mol. The van der Waals surface area contributed by atoms with Crippen LogP contribution in [0, 0.1) is 6.92 Å². The van der Waals surface area contributed by atoms with Crippen molar-refractivity contribution < 1.29 is 4.74 Å². The fourth-order valence-electron chi connectivity index (χ4n) is 1.95. The molecule has 2 rings (SSSR count). The summed E-state index contributed by atoms with van der Waals surface area (Å²) in [7, 11) is 0. The van der Waals surface area contributed by atoms with Gasteiger partial charge in [0.15, 0.2) is 0 Å². The maximum atomic E-state index is 6.23. The zero-order valence-electron chi connectivity index (χ0n) is 12.1. The number of benzene rings is 1. The number of aromatic nitrogens is 1. The Morgan fingerprint density at radius 3 is 2.65 bits per heavy atom. The van der Waals surface area contributed by atoms with Crippen molar-refractivity contribution in [3.05, 3.63) is 45.9 Å². The Bertz CT molecular complexity index is 522. The maximum Gasteiger partial charge on any atom is 0.119 e. The Hall–Kier alpha value is -1.39. The lowest BCUT2D eigenvalue weighted by Gasteiger charge is -2.11. The lowest BCUT2D eigenvalue weighted by Crippen LogP contribution is -2.13. The Labute approximate surface area is 124 Å². The topological polar surface area (TPSA) is 48.1 Å². The van der Waals surface area contributed by atoms with E-state index in [0.717, 1.165) is 47.9 Å². The molecule has 1 atom stereocenters. The van der Waals surface area contributed by atoms with Crippen molar-refractivity contribution in [3.8, 4) is 5.75 Å². The van der Waals surface area contributed by atoms with Crippen molar-refractivity contribution in [2.75, 3.05) is 6.61 Å². The van der Waals surface area contributed by atoms with E-state index >= 15 is 0 Å². The average molecular weight is 290 g/mol. The minimum atomic E-state index is -0.00904. The van der Waals surface area contributed by atoms with E-state index in [1.807, 2.05) is 31.2 Å². The summed E-state index contributed by atoms with van der Waals surface area (Å²) in [6.45, 7) is 4.94. The Morgan fingerprint density at radius 1 is 1.30 bits per heavy atom. The van der Waals surface area contributed by atoms with Crippen LogP contribution in [0.15, 0.2) is 29.6 Å². The molecule has 0 aliphatic carbocycles. The highest BCUT2D eigenvalue weighted by Crippen LogP contribution is 2.21. The van der Waals surface area contributed by atoms with Crippen molar-refractivity contribution in [1.82, 2.24) is 4.98 Å². The molecule has 0 saturated carbocycles. The summed E-state index contributed by atoms with van der Waals surface area (Å²) in [5.41, 5.74) is 8.43. The minimum absolute atomic E-state index is 0.00904. The van der Waals surface area contributed by atoms with Crippen molar-refractivity contribution in [3.63, 3.8) is 0 Å². The first-order valence-electron chi connectivity index (χ1n) is 7.08. The first-order valence-corrected chi connectivity index (χ1v) is 7.96. The van der Waals surface area contributed by atoms with Crippen LogP contribution in [-0.2, 0) is 6.42 Å². The van der Waals surface area contributed by atoms with Gasteiger partial charge < -0.3 is 10.5 Å². The molecule has 4 heteroatoms. The van der Waals surface area contributed by atoms with Crippen LogP contribution in [0.1, 0.15) is 42.1 Å². The molecule has 1 aromatic carbocycles. The number of ether oxygens (including phenoxy) is 1. The quantitative estimate of drug-likeness (QED) is 0.787. The van der Waals surface area contributed by atoms with Crippen LogP contribution in [0.2, 0.25) is 0 Å². The van der Waals surface area contributed by atoms with Crippen molar-refractivity contribution in [2.24, 2.45) is 5.73 Å². The SMILES string of the molecule is CCCCOc1ccc(C(N)Cc2nc(C)cs2)cc1. The molecule has 0 saturated heterocycles. The number of hydrogen-bond acceptors (Lipinski definition) is 4. The molecule has 2 aromatic rings. The fraction of sp³-hybridized carbons (Fsp3) is 0.438. The highest BCUT2D eigenvalue weighted by molar-refractivity contribution is 7.09. The van der Waals surface area contributed by atoms with E-state index in [1.54, 1.807) is 11.3 Å². The number of thiazole rings is 1. The third-order valence-electron chi connectivity index (χ3n) is 3.14. The van der Waals surface area contributed by atoms with Gasteiger partial charge >= 0.3 is 0 Å². The molecule has 0 radical (unpaired) electrons. The van der Waals surface area contributed by atoms with Crippen LogP contribution in [0.4, 0.5) is 0 Å². The summed E-state index contributed by atoms with van der Waals surface area (Å²) < 4.78 is 5.65. The maximum absolute atomic E-state index is 6.23. The highest BCUT2D eigenvalue weighted by Gasteiger charge is 2.09. The molecule has 0 aliphatic heterocycles.